The van der Waals surface area contributed by atoms with Crippen LogP contribution in [0.2, 0.25) is 0 Å². The monoisotopic (exact) mass is 267 g/mol. The molecular formula is C15H25NO3. The summed E-state index contributed by atoms with van der Waals surface area (Å²) in [6, 6.07) is 10.6. The Labute approximate surface area is 116 Å². The van der Waals surface area contributed by atoms with Gasteiger partial charge in [0.05, 0.1) is 25.9 Å². The molecule has 0 saturated heterocycles. The van der Waals surface area contributed by atoms with Crippen molar-refractivity contribution in [2.75, 3.05) is 47.2 Å². The van der Waals surface area contributed by atoms with E-state index < -0.39 is 0 Å². The second-order valence-corrected chi connectivity index (χ2v) is 4.33. The summed E-state index contributed by atoms with van der Waals surface area (Å²) in [5.74, 6) is 0. The summed E-state index contributed by atoms with van der Waals surface area (Å²) in [5.41, 5.74) is 1.25. The minimum Gasteiger partial charge on any atom is -0.383 e. The van der Waals surface area contributed by atoms with Crippen molar-refractivity contribution < 1.29 is 14.2 Å². The highest BCUT2D eigenvalue weighted by atomic mass is 16.5. The second kappa shape index (κ2) is 10.9. The van der Waals surface area contributed by atoms with E-state index in [1.54, 1.807) is 14.2 Å². The molecule has 0 radical (unpaired) electrons. The Morgan fingerprint density at radius 2 is 1.79 bits per heavy atom. The third kappa shape index (κ3) is 7.28. The van der Waals surface area contributed by atoms with Gasteiger partial charge >= 0.3 is 0 Å². The summed E-state index contributed by atoms with van der Waals surface area (Å²) in [7, 11) is 3.41. The molecular weight excluding hydrogens is 242 g/mol. The number of hydrogen-bond acceptors (Lipinski definition) is 4. The van der Waals surface area contributed by atoms with E-state index in [2.05, 4.69) is 17.4 Å². The molecule has 0 spiro atoms. The Morgan fingerprint density at radius 1 is 1.00 bits per heavy atom. The van der Waals surface area contributed by atoms with E-state index >= 15 is 0 Å². The zero-order valence-electron chi connectivity index (χ0n) is 11.9. The fraction of sp³-hybridized carbons (Fsp3) is 0.600. The smallest absolute Gasteiger partial charge is 0.0700 e. The van der Waals surface area contributed by atoms with Gasteiger partial charge in [-0.2, -0.15) is 0 Å². The Bertz CT molecular complexity index is 306. The van der Waals surface area contributed by atoms with E-state index in [-0.39, 0.29) is 6.04 Å². The van der Waals surface area contributed by atoms with E-state index in [1.165, 1.54) is 5.56 Å². The van der Waals surface area contributed by atoms with Crippen LogP contribution in [0, 0.1) is 0 Å². The van der Waals surface area contributed by atoms with Crippen LogP contribution in [0.3, 0.4) is 0 Å². The van der Waals surface area contributed by atoms with Crippen molar-refractivity contribution in [3.63, 3.8) is 0 Å². The third-order valence-electron chi connectivity index (χ3n) is 2.82. The van der Waals surface area contributed by atoms with Gasteiger partial charge in [0, 0.05) is 20.8 Å². The number of methoxy groups -OCH3 is 2. The second-order valence-electron chi connectivity index (χ2n) is 4.33. The van der Waals surface area contributed by atoms with E-state index in [0.717, 1.165) is 19.6 Å². The van der Waals surface area contributed by atoms with Crippen LogP contribution >= 0.6 is 0 Å². The normalized spacial score (nSPS) is 12.5. The molecule has 1 atom stereocenters. The standard InChI is InChI=1S/C15H25NO3/c1-17-11-12-19-10-6-9-16-15(13-18-2)14-7-4-3-5-8-14/h3-5,7-8,15-16H,6,9-13H2,1-2H3. The molecule has 1 aromatic rings. The van der Waals surface area contributed by atoms with Gasteiger partial charge in [0.25, 0.3) is 0 Å². The molecule has 4 heteroatoms. The highest BCUT2D eigenvalue weighted by Gasteiger charge is 2.09. The van der Waals surface area contributed by atoms with Gasteiger partial charge in [-0.3, -0.25) is 0 Å². The van der Waals surface area contributed by atoms with Crippen LogP contribution in [0.1, 0.15) is 18.0 Å². The Balaban J connectivity index is 2.20. The molecule has 0 heterocycles. The topological polar surface area (TPSA) is 39.7 Å². The van der Waals surface area contributed by atoms with Crippen LogP contribution in [0.4, 0.5) is 0 Å². The molecule has 0 saturated carbocycles. The van der Waals surface area contributed by atoms with Crippen LogP contribution in [-0.4, -0.2) is 47.2 Å². The first-order valence-corrected chi connectivity index (χ1v) is 6.72. The molecule has 0 aliphatic rings. The average molecular weight is 267 g/mol. The highest BCUT2D eigenvalue weighted by Crippen LogP contribution is 2.12. The lowest BCUT2D eigenvalue weighted by Crippen LogP contribution is -2.27. The van der Waals surface area contributed by atoms with Crippen molar-refractivity contribution in [3.8, 4) is 0 Å². The first-order valence-electron chi connectivity index (χ1n) is 6.72. The minimum atomic E-state index is 0.241. The molecule has 0 aromatic heterocycles. The maximum Gasteiger partial charge on any atom is 0.0700 e. The molecule has 108 valence electrons. The number of nitrogens with one attached hydrogen (secondary N) is 1. The molecule has 0 bridgehead atoms. The van der Waals surface area contributed by atoms with Crippen molar-refractivity contribution in [2.45, 2.75) is 12.5 Å². The molecule has 1 rings (SSSR count). The fourth-order valence-corrected chi connectivity index (χ4v) is 1.82. The number of rotatable bonds is 11. The molecule has 0 amide bonds. The van der Waals surface area contributed by atoms with Crippen molar-refractivity contribution in [3.05, 3.63) is 35.9 Å². The SMILES string of the molecule is COCCOCCCNC(COC)c1ccccc1. The van der Waals surface area contributed by atoms with Gasteiger partial charge in [0.1, 0.15) is 0 Å². The molecule has 0 aliphatic carbocycles. The predicted molar refractivity (Wildman–Crippen MR) is 76.4 cm³/mol. The maximum atomic E-state index is 5.43. The average Bonchev–Trinajstić information content (AvgIpc) is 2.46. The lowest BCUT2D eigenvalue weighted by atomic mass is 10.1. The van der Waals surface area contributed by atoms with E-state index in [0.29, 0.717) is 19.8 Å². The third-order valence-corrected chi connectivity index (χ3v) is 2.82. The van der Waals surface area contributed by atoms with Crippen LogP contribution < -0.4 is 5.32 Å². The van der Waals surface area contributed by atoms with Crippen LogP contribution in [0.5, 0.6) is 0 Å². The van der Waals surface area contributed by atoms with Crippen LogP contribution in [-0.2, 0) is 14.2 Å². The summed E-state index contributed by atoms with van der Waals surface area (Å²) in [6.07, 6.45) is 0.983. The largest absolute Gasteiger partial charge is 0.383 e. The quantitative estimate of drug-likeness (QED) is 0.623. The van der Waals surface area contributed by atoms with Crippen molar-refractivity contribution in [2.24, 2.45) is 0 Å². The molecule has 1 aromatic carbocycles. The van der Waals surface area contributed by atoms with Gasteiger partial charge in [-0.1, -0.05) is 30.3 Å². The van der Waals surface area contributed by atoms with Crippen LogP contribution in [0.15, 0.2) is 30.3 Å². The Kier molecular flexibility index (Phi) is 9.27. The van der Waals surface area contributed by atoms with Gasteiger partial charge in [-0.25, -0.2) is 0 Å². The maximum absolute atomic E-state index is 5.43. The summed E-state index contributed by atoms with van der Waals surface area (Å²) >= 11 is 0. The molecule has 0 aliphatic heterocycles. The van der Waals surface area contributed by atoms with Gasteiger partial charge in [0.15, 0.2) is 0 Å². The predicted octanol–water partition coefficient (Wildman–Crippen LogP) is 2.02. The summed E-state index contributed by atoms with van der Waals surface area (Å²) in [5, 5.41) is 3.49. The first kappa shape index (κ1) is 16.1. The van der Waals surface area contributed by atoms with Gasteiger partial charge < -0.3 is 19.5 Å². The number of hydrogen-bond donors (Lipinski definition) is 1. The highest BCUT2D eigenvalue weighted by molar-refractivity contribution is 5.18. The Hall–Kier alpha value is -0.940. The first-order chi connectivity index (χ1) is 9.38. The van der Waals surface area contributed by atoms with Crippen molar-refractivity contribution in [1.82, 2.24) is 5.32 Å². The molecule has 4 nitrogen and oxygen atoms in total. The minimum absolute atomic E-state index is 0.241. The molecule has 1 unspecified atom stereocenters. The zero-order chi connectivity index (χ0) is 13.8. The number of ether oxygens (including phenoxy) is 3. The van der Waals surface area contributed by atoms with Gasteiger partial charge in [-0.15, -0.1) is 0 Å². The van der Waals surface area contributed by atoms with E-state index in [9.17, 15) is 0 Å². The molecule has 19 heavy (non-hydrogen) atoms. The fourth-order valence-electron chi connectivity index (χ4n) is 1.82. The van der Waals surface area contributed by atoms with Crippen molar-refractivity contribution in [1.29, 1.82) is 0 Å². The van der Waals surface area contributed by atoms with Gasteiger partial charge in [-0.05, 0) is 18.5 Å². The molecule has 1 N–H and O–H groups in total. The lowest BCUT2D eigenvalue weighted by molar-refractivity contribution is 0.0687. The van der Waals surface area contributed by atoms with E-state index in [4.69, 9.17) is 14.2 Å². The Morgan fingerprint density at radius 3 is 2.47 bits per heavy atom. The number of benzene rings is 1. The zero-order valence-corrected chi connectivity index (χ0v) is 11.9. The summed E-state index contributed by atoms with van der Waals surface area (Å²) in [6.45, 7) is 3.66. The van der Waals surface area contributed by atoms with E-state index in [1.807, 2.05) is 18.2 Å². The lowest BCUT2D eigenvalue weighted by Gasteiger charge is -2.18. The van der Waals surface area contributed by atoms with Gasteiger partial charge in [0.2, 0.25) is 0 Å². The molecule has 0 fully saturated rings. The summed E-state index contributed by atoms with van der Waals surface area (Å²) < 4.78 is 15.6. The summed E-state index contributed by atoms with van der Waals surface area (Å²) in [4.78, 5) is 0. The van der Waals surface area contributed by atoms with Crippen LogP contribution in [0.25, 0.3) is 0 Å². The van der Waals surface area contributed by atoms with Crippen molar-refractivity contribution >= 4 is 0 Å².